The molecule has 0 saturated heterocycles. The molecule has 4 heteroatoms. The molecule has 2 aromatic rings. The molecule has 0 atom stereocenters. The minimum absolute atomic E-state index is 0.747. The largest absolute Gasteiger partial charge is 0.297 e. The lowest BCUT2D eigenvalue weighted by Gasteiger charge is -2.01. The van der Waals surface area contributed by atoms with E-state index in [-0.39, 0.29) is 0 Å². The van der Waals surface area contributed by atoms with Gasteiger partial charge in [-0.1, -0.05) is 31.9 Å². The van der Waals surface area contributed by atoms with Gasteiger partial charge in [0.1, 0.15) is 0 Å². The molecule has 1 heterocycles. The standard InChI is InChI=1S/C11H6Br2OS/c12-7-1-3-10(13)9(5-7)11-4-2-8(6-14)15-11/h1-6H. The molecule has 0 aliphatic rings. The topological polar surface area (TPSA) is 17.1 Å². The van der Waals surface area contributed by atoms with Crippen molar-refractivity contribution in [1.29, 1.82) is 0 Å². The number of thiophene rings is 1. The molecular weight excluding hydrogens is 340 g/mol. The van der Waals surface area contributed by atoms with Crippen molar-refractivity contribution < 1.29 is 4.79 Å². The van der Waals surface area contributed by atoms with Crippen LogP contribution in [0.1, 0.15) is 9.67 Å². The average molecular weight is 346 g/mol. The molecule has 1 aromatic carbocycles. The van der Waals surface area contributed by atoms with Gasteiger partial charge in [0.2, 0.25) is 0 Å². The first-order valence-corrected chi connectivity index (χ1v) is 6.61. The van der Waals surface area contributed by atoms with Gasteiger partial charge in [0.25, 0.3) is 0 Å². The van der Waals surface area contributed by atoms with Crippen molar-refractivity contribution >= 4 is 49.5 Å². The predicted octanol–water partition coefficient (Wildman–Crippen LogP) is 4.75. The number of carbonyl (C=O) groups excluding carboxylic acids is 1. The molecule has 0 aliphatic heterocycles. The highest BCUT2D eigenvalue weighted by atomic mass is 79.9. The second-order valence-electron chi connectivity index (χ2n) is 2.94. The Kier molecular flexibility index (Phi) is 3.38. The van der Waals surface area contributed by atoms with E-state index in [2.05, 4.69) is 31.9 Å². The van der Waals surface area contributed by atoms with Crippen molar-refractivity contribution in [3.8, 4) is 10.4 Å². The summed E-state index contributed by atoms with van der Waals surface area (Å²) >= 11 is 8.42. The van der Waals surface area contributed by atoms with E-state index in [9.17, 15) is 4.79 Å². The third-order valence-corrected chi connectivity index (χ3v) is 4.17. The smallest absolute Gasteiger partial charge is 0.160 e. The second kappa shape index (κ2) is 4.60. The highest BCUT2D eigenvalue weighted by Crippen LogP contribution is 2.34. The molecule has 76 valence electrons. The van der Waals surface area contributed by atoms with Crippen LogP contribution in [0.25, 0.3) is 10.4 Å². The summed E-state index contributed by atoms with van der Waals surface area (Å²) in [5.41, 5.74) is 1.10. The Morgan fingerprint density at radius 1 is 1.13 bits per heavy atom. The van der Waals surface area contributed by atoms with Gasteiger partial charge in [-0.15, -0.1) is 11.3 Å². The normalized spacial score (nSPS) is 10.3. The Hall–Kier alpha value is -0.450. The maximum absolute atomic E-state index is 10.6. The summed E-state index contributed by atoms with van der Waals surface area (Å²) in [6, 6.07) is 9.79. The summed E-state index contributed by atoms with van der Waals surface area (Å²) in [6.45, 7) is 0. The molecule has 0 saturated carbocycles. The monoisotopic (exact) mass is 344 g/mol. The van der Waals surface area contributed by atoms with Crippen molar-refractivity contribution in [2.75, 3.05) is 0 Å². The maximum Gasteiger partial charge on any atom is 0.160 e. The van der Waals surface area contributed by atoms with E-state index in [1.165, 1.54) is 11.3 Å². The highest BCUT2D eigenvalue weighted by Gasteiger charge is 2.06. The Morgan fingerprint density at radius 3 is 2.60 bits per heavy atom. The van der Waals surface area contributed by atoms with E-state index in [1.54, 1.807) is 0 Å². The van der Waals surface area contributed by atoms with Crippen LogP contribution in [0.4, 0.5) is 0 Å². The van der Waals surface area contributed by atoms with Crippen LogP contribution in [0.15, 0.2) is 39.3 Å². The first kappa shape index (κ1) is 11.0. The van der Waals surface area contributed by atoms with Crippen molar-refractivity contribution in [2.45, 2.75) is 0 Å². The number of hydrogen-bond donors (Lipinski definition) is 0. The summed E-state index contributed by atoms with van der Waals surface area (Å²) in [7, 11) is 0. The van der Waals surface area contributed by atoms with Crippen molar-refractivity contribution in [2.24, 2.45) is 0 Å². The quantitative estimate of drug-likeness (QED) is 0.717. The van der Waals surface area contributed by atoms with Gasteiger partial charge < -0.3 is 0 Å². The van der Waals surface area contributed by atoms with E-state index in [0.29, 0.717) is 0 Å². The molecule has 1 aromatic heterocycles. The maximum atomic E-state index is 10.6. The fourth-order valence-electron chi connectivity index (χ4n) is 1.25. The van der Waals surface area contributed by atoms with Crippen LogP contribution < -0.4 is 0 Å². The number of hydrogen-bond acceptors (Lipinski definition) is 2. The molecule has 0 amide bonds. The highest BCUT2D eigenvalue weighted by molar-refractivity contribution is 9.11. The molecule has 15 heavy (non-hydrogen) atoms. The molecular formula is C11H6Br2OS. The van der Waals surface area contributed by atoms with E-state index in [1.807, 2.05) is 30.3 Å². The summed E-state index contributed by atoms with van der Waals surface area (Å²) in [6.07, 6.45) is 0.875. The molecule has 0 unspecified atom stereocenters. The minimum Gasteiger partial charge on any atom is -0.297 e. The van der Waals surface area contributed by atoms with Crippen LogP contribution in [-0.2, 0) is 0 Å². The van der Waals surface area contributed by atoms with Crippen LogP contribution in [0.2, 0.25) is 0 Å². The number of benzene rings is 1. The summed E-state index contributed by atoms with van der Waals surface area (Å²) in [5, 5.41) is 0. The fourth-order valence-corrected chi connectivity index (χ4v) is 3.05. The molecule has 0 aliphatic carbocycles. The number of halogens is 2. The molecule has 0 spiro atoms. The van der Waals surface area contributed by atoms with Crippen molar-refractivity contribution in [3.63, 3.8) is 0 Å². The zero-order valence-electron chi connectivity index (χ0n) is 7.54. The third kappa shape index (κ3) is 2.38. The minimum atomic E-state index is 0.747. The second-order valence-corrected chi connectivity index (χ2v) is 5.83. The average Bonchev–Trinajstić information content (AvgIpc) is 2.70. The molecule has 0 bridgehead atoms. The van der Waals surface area contributed by atoms with Gasteiger partial charge in [-0.2, -0.15) is 0 Å². The lowest BCUT2D eigenvalue weighted by molar-refractivity contribution is 0.112. The van der Waals surface area contributed by atoms with E-state index >= 15 is 0 Å². The SMILES string of the molecule is O=Cc1ccc(-c2cc(Br)ccc2Br)s1. The first-order chi connectivity index (χ1) is 7.20. The molecule has 1 nitrogen and oxygen atoms in total. The van der Waals surface area contributed by atoms with E-state index < -0.39 is 0 Å². The van der Waals surface area contributed by atoms with E-state index in [4.69, 9.17) is 0 Å². The summed E-state index contributed by atoms with van der Waals surface area (Å²) < 4.78 is 2.06. The Morgan fingerprint density at radius 2 is 1.93 bits per heavy atom. The van der Waals surface area contributed by atoms with Crippen molar-refractivity contribution in [3.05, 3.63) is 44.2 Å². The van der Waals surface area contributed by atoms with Gasteiger partial charge in [0.05, 0.1) is 4.88 Å². The molecule has 2 rings (SSSR count). The van der Waals surface area contributed by atoms with Gasteiger partial charge in [-0.05, 0) is 30.3 Å². The Bertz CT molecular complexity index is 505. The zero-order chi connectivity index (χ0) is 10.8. The predicted molar refractivity (Wildman–Crippen MR) is 70.5 cm³/mol. The molecule has 0 N–H and O–H groups in total. The lowest BCUT2D eigenvalue weighted by atomic mass is 10.2. The lowest BCUT2D eigenvalue weighted by Crippen LogP contribution is -1.75. The fraction of sp³-hybridized carbons (Fsp3) is 0. The van der Waals surface area contributed by atoms with Crippen LogP contribution in [0.5, 0.6) is 0 Å². The zero-order valence-corrected chi connectivity index (χ0v) is 11.5. The van der Waals surface area contributed by atoms with Crippen LogP contribution >= 0.6 is 43.2 Å². The number of aldehydes is 1. The van der Waals surface area contributed by atoms with Crippen LogP contribution in [0, 0.1) is 0 Å². The van der Waals surface area contributed by atoms with Gasteiger partial charge in [0, 0.05) is 19.4 Å². The third-order valence-electron chi connectivity index (χ3n) is 1.94. The van der Waals surface area contributed by atoms with Crippen molar-refractivity contribution in [1.82, 2.24) is 0 Å². The van der Waals surface area contributed by atoms with Crippen LogP contribution in [-0.4, -0.2) is 6.29 Å². The van der Waals surface area contributed by atoms with Gasteiger partial charge in [0.15, 0.2) is 6.29 Å². The molecule has 0 radical (unpaired) electrons. The van der Waals surface area contributed by atoms with E-state index in [0.717, 1.165) is 30.5 Å². The number of carbonyl (C=O) groups is 1. The Labute approximate surface area is 108 Å². The first-order valence-electron chi connectivity index (χ1n) is 4.21. The van der Waals surface area contributed by atoms with Gasteiger partial charge in [-0.3, -0.25) is 4.79 Å². The molecule has 0 fully saturated rings. The van der Waals surface area contributed by atoms with Gasteiger partial charge >= 0.3 is 0 Å². The Balaban J connectivity index is 2.52. The summed E-state index contributed by atoms with van der Waals surface area (Å²) in [4.78, 5) is 12.4. The summed E-state index contributed by atoms with van der Waals surface area (Å²) in [5.74, 6) is 0. The van der Waals surface area contributed by atoms with Gasteiger partial charge in [-0.25, -0.2) is 0 Å². The van der Waals surface area contributed by atoms with Crippen LogP contribution in [0.3, 0.4) is 0 Å². The number of rotatable bonds is 2.